The van der Waals surface area contributed by atoms with Gasteiger partial charge >= 0.3 is 11.7 Å². The smallest absolute Gasteiger partial charge is 0.316 e. The molecule has 0 aliphatic carbocycles. The zero-order chi connectivity index (χ0) is 15.8. The molecule has 0 N–H and O–H groups in total. The van der Waals surface area contributed by atoms with Crippen LogP contribution in [0.3, 0.4) is 0 Å². The van der Waals surface area contributed by atoms with E-state index in [2.05, 4.69) is 9.57 Å². The quantitative estimate of drug-likeness (QED) is 0.410. The summed E-state index contributed by atoms with van der Waals surface area (Å²) >= 11 is 1.12. The van der Waals surface area contributed by atoms with Crippen molar-refractivity contribution in [1.82, 2.24) is 0 Å². The van der Waals surface area contributed by atoms with Crippen LogP contribution in [0, 0.1) is 15.0 Å². The number of methoxy groups -OCH3 is 1. The minimum absolute atomic E-state index is 0.0164. The maximum Gasteiger partial charge on any atom is 0.316 e. The second-order valence-corrected chi connectivity index (χ2v) is 5.11. The van der Waals surface area contributed by atoms with E-state index in [0.29, 0.717) is 10.5 Å². The minimum Gasteiger partial charge on any atom is -0.468 e. The molecule has 9 heteroatoms. The molecule has 0 radical (unpaired) electrons. The van der Waals surface area contributed by atoms with E-state index in [1.54, 1.807) is 12.1 Å². The molecule has 1 aromatic carbocycles. The molecule has 21 heavy (non-hydrogen) atoms. The zero-order valence-corrected chi connectivity index (χ0v) is 12.4. The molecule has 0 spiro atoms. The highest BCUT2D eigenvalue weighted by atomic mass is 32.2. The van der Waals surface area contributed by atoms with Gasteiger partial charge in [-0.05, 0) is 5.56 Å². The van der Waals surface area contributed by atoms with Crippen LogP contribution in [0.4, 0.5) is 5.69 Å². The molecule has 1 rings (SSSR count). The first-order valence-corrected chi connectivity index (χ1v) is 6.94. The Balaban J connectivity index is 2.84. The highest BCUT2D eigenvalue weighted by Gasteiger charge is 2.22. The standard InChI is InChI=1S/C12H15N2O6S/c1-19-12(15)8-21-11(7-13(16)17)9-3-5-10(6-4-9)14(18)20-2/h3-6,11H,7-8H2,1-2H3/q+1. The first-order chi connectivity index (χ1) is 9.97. The van der Waals surface area contributed by atoms with Crippen molar-refractivity contribution in [1.29, 1.82) is 0 Å². The van der Waals surface area contributed by atoms with Crippen molar-refractivity contribution in [2.75, 3.05) is 26.5 Å². The number of ether oxygens (including phenoxy) is 1. The molecule has 1 aromatic rings. The van der Waals surface area contributed by atoms with Gasteiger partial charge in [-0.1, -0.05) is 12.1 Å². The second-order valence-electron chi connectivity index (χ2n) is 3.92. The van der Waals surface area contributed by atoms with Crippen LogP contribution >= 0.6 is 11.8 Å². The van der Waals surface area contributed by atoms with Gasteiger partial charge in [-0.25, -0.2) is 4.84 Å². The molecular formula is C12H15N2O6S+. The third kappa shape index (κ3) is 5.38. The van der Waals surface area contributed by atoms with Gasteiger partial charge in [-0.3, -0.25) is 14.9 Å². The van der Waals surface area contributed by atoms with Crippen molar-refractivity contribution in [2.24, 2.45) is 0 Å². The minimum atomic E-state index is -0.504. The lowest BCUT2D eigenvalue weighted by atomic mass is 10.1. The predicted molar refractivity (Wildman–Crippen MR) is 75.8 cm³/mol. The maximum absolute atomic E-state index is 11.2. The van der Waals surface area contributed by atoms with E-state index in [9.17, 15) is 19.8 Å². The molecule has 0 bridgehead atoms. The van der Waals surface area contributed by atoms with Crippen LogP contribution in [0.1, 0.15) is 10.8 Å². The summed E-state index contributed by atoms with van der Waals surface area (Å²) in [4.78, 5) is 37.5. The fourth-order valence-electron chi connectivity index (χ4n) is 1.53. The summed E-state index contributed by atoms with van der Waals surface area (Å²) in [5.74, 6) is -0.433. The van der Waals surface area contributed by atoms with Crippen molar-refractivity contribution in [2.45, 2.75) is 5.25 Å². The van der Waals surface area contributed by atoms with Crippen LogP contribution in [0.2, 0.25) is 0 Å². The van der Waals surface area contributed by atoms with Gasteiger partial charge in [-0.15, -0.1) is 11.8 Å². The molecule has 114 valence electrons. The van der Waals surface area contributed by atoms with Crippen LogP contribution in [0.5, 0.6) is 0 Å². The van der Waals surface area contributed by atoms with E-state index < -0.39 is 16.1 Å². The summed E-state index contributed by atoms with van der Waals surface area (Å²) in [7, 11) is 2.50. The summed E-state index contributed by atoms with van der Waals surface area (Å²) in [5, 5.41) is 10.2. The average molecular weight is 315 g/mol. The van der Waals surface area contributed by atoms with Gasteiger partial charge in [0.05, 0.1) is 23.0 Å². The number of benzene rings is 1. The first kappa shape index (κ1) is 16.9. The summed E-state index contributed by atoms with van der Waals surface area (Å²) in [5.41, 5.74) is 0.924. The maximum atomic E-state index is 11.2. The number of thioether (sulfide) groups is 1. The fraction of sp³-hybridized carbons (Fsp3) is 0.417. The van der Waals surface area contributed by atoms with Gasteiger partial charge in [-0.2, -0.15) is 0 Å². The second kappa shape index (κ2) is 8.20. The molecule has 0 saturated carbocycles. The van der Waals surface area contributed by atoms with Gasteiger partial charge in [0.1, 0.15) is 0 Å². The van der Waals surface area contributed by atoms with Gasteiger partial charge in [0.15, 0.2) is 7.11 Å². The normalized spacial score (nSPS) is 11.5. The Morgan fingerprint density at radius 1 is 1.29 bits per heavy atom. The molecule has 8 nitrogen and oxygen atoms in total. The number of nitrogens with zero attached hydrogens (tertiary/aromatic N) is 2. The molecule has 0 heterocycles. The lowest BCUT2D eigenvalue weighted by molar-refractivity contribution is -0.736. The first-order valence-electron chi connectivity index (χ1n) is 5.89. The number of nitro groups is 1. The predicted octanol–water partition coefficient (Wildman–Crippen LogP) is 1.88. The third-order valence-electron chi connectivity index (χ3n) is 2.59. The largest absolute Gasteiger partial charge is 0.468 e. The van der Waals surface area contributed by atoms with E-state index >= 15 is 0 Å². The van der Waals surface area contributed by atoms with E-state index in [4.69, 9.17) is 0 Å². The topological polar surface area (TPSA) is 98.8 Å². The SMILES string of the molecule is COC(=O)CSC(C[N+](=O)[O-])c1ccc([N+](=O)OC)cc1. The molecule has 1 atom stereocenters. The molecular weight excluding hydrogens is 300 g/mol. The van der Waals surface area contributed by atoms with Gasteiger partial charge in [0.2, 0.25) is 6.54 Å². The number of hydrogen-bond donors (Lipinski definition) is 0. The Labute approximate surface area is 125 Å². The Morgan fingerprint density at radius 3 is 2.38 bits per heavy atom. The van der Waals surface area contributed by atoms with Gasteiger partial charge in [0, 0.05) is 17.1 Å². The number of carbonyl (C=O) groups excluding carboxylic acids is 1. The Morgan fingerprint density at radius 2 is 1.90 bits per heavy atom. The molecule has 0 aromatic heterocycles. The van der Waals surface area contributed by atoms with E-state index in [1.165, 1.54) is 26.4 Å². The number of carbonyl (C=O) groups is 1. The zero-order valence-electron chi connectivity index (χ0n) is 11.6. The van der Waals surface area contributed by atoms with Crippen molar-refractivity contribution < 1.29 is 24.2 Å². The number of esters is 1. The molecule has 0 amide bonds. The van der Waals surface area contributed by atoms with Crippen LogP contribution in [0.25, 0.3) is 0 Å². The summed E-state index contributed by atoms with van der Waals surface area (Å²) in [6.07, 6.45) is 0. The molecule has 1 unspecified atom stereocenters. The van der Waals surface area contributed by atoms with Crippen LogP contribution in [-0.4, -0.2) is 42.3 Å². The summed E-state index contributed by atoms with van der Waals surface area (Å²) in [6, 6.07) is 6.18. The Hall–Kier alpha value is -2.16. The highest BCUT2D eigenvalue weighted by molar-refractivity contribution is 8.00. The highest BCUT2D eigenvalue weighted by Crippen LogP contribution is 2.30. The van der Waals surface area contributed by atoms with Gasteiger partial charge < -0.3 is 4.74 Å². The summed E-state index contributed by atoms with van der Waals surface area (Å²) < 4.78 is 4.51. The van der Waals surface area contributed by atoms with E-state index in [1.807, 2.05) is 0 Å². The Kier molecular flexibility index (Phi) is 6.60. The van der Waals surface area contributed by atoms with Crippen LogP contribution in [-0.2, 0) is 14.4 Å². The molecule has 0 aliphatic rings. The van der Waals surface area contributed by atoms with Crippen LogP contribution < -0.4 is 0 Å². The van der Waals surface area contributed by atoms with Crippen molar-refractivity contribution in [3.63, 3.8) is 0 Å². The van der Waals surface area contributed by atoms with Crippen LogP contribution in [0.15, 0.2) is 24.3 Å². The van der Waals surface area contributed by atoms with Crippen molar-refractivity contribution in [3.05, 3.63) is 44.9 Å². The third-order valence-corrected chi connectivity index (χ3v) is 3.81. The van der Waals surface area contributed by atoms with Crippen molar-refractivity contribution in [3.8, 4) is 0 Å². The lowest BCUT2D eigenvalue weighted by Gasteiger charge is -2.11. The van der Waals surface area contributed by atoms with E-state index in [0.717, 1.165) is 11.8 Å². The number of hydrogen-bond acceptors (Lipinski definition) is 7. The van der Waals surface area contributed by atoms with Crippen molar-refractivity contribution >= 4 is 23.4 Å². The average Bonchev–Trinajstić information content (AvgIpc) is 2.50. The van der Waals surface area contributed by atoms with E-state index in [-0.39, 0.29) is 18.0 Å². The Bertz CT molecular complexity index is 519. The molecule has 0 aliphatic heterocycles. The van der Waals surface area contributed by atoms with Gasteiger partial charge in [0.25, 0.3) is 4.92 Å². The number of rotatable bonds is 8. The fourth-order valence-corrected chi connectivity index (χ4v) is 2.57. The molecule has 0 saturated heterocycles. The monoisotopic (exact) mass is 315 g/mol. The summed E-state index contributed by atoms with van der Waals surface area (Å²) in [6.45, 7) is -0.327. The lowest BCUT2D eigenvalue weighted by Crippen LogP contribution is -2.13. The molecule has 0 fully saturated rings.